The lowest BCUT2D eigenvalue weighted by Gasteiger charge is -2.29. The molecule has 5 aromatic rings. The van der Waals surface area contributed by atoms with Crippen LogP contribution in [0.1, 0.15) is 101 Å². The van der Waals surface area contributed by atoms with Crippen LogP contribution in [0.3, 0.4) is 0 Å². The van der Waals surface area contributed by atoms with Gasteiger partial charge in [0.25, 0.3) is 0 Å². The lowest BCUT2D eigenvalue weighted by atomic mass is 9.84. The van der Waals surface area contributed by atoms with Crippen molar-refractivity contribution in [2.45, 2.75) is 101 Å². The molecule has 51 heavy (non-hydrogen) atoms. The van der Waals surface area contributed by atoms with Crippen LogP contribution in [-0.2, 0) is 31.9 Å². The van der Waals surface area contributed by atoms with Gasteiger partial charge >= 0.3 is 0 Å². The molecule has 5 aromatic carbocycles. The van der Waals surface area contributed by atoms with Gasteiger partial charge in [-0.1, -0.05) is 93.9 Å². The van der Waals surface area contributed by atoms with E-state index in [4.69, 9.17) is 9.47 Å². The van der Waals surface area contributed by atoms with E-state index in [-0.39, 0.29) is 22.4 Å². The van der Waals surface area contributed by atoms with Crippen molar-refractivity contribution in [2.75, 3.05) is 4.90 Å². The Labute approximate surface area is 319 Å². The van der Waals surface area contributed by atoms with Gasteiger partial charge in [-0.05, 0) is 159 Å². The van der Waals surface area contributed by atoms with Crippen LogP contribution in [0.25, 0.3) is 22.3 Å². The van der Waals surface area contributed by atoms with E-state index >= 15 is 0 Å². The number of hydrogen-bond acceptors (Lipinski definition) is 3. The molecule has 0 atom stereocenters. The second-order valence-electron chi connectivity index (χ2n) is 16.2. The Morgan fingerprint density at radius 1 is 0.471 bits per heavy atom. The Hall–Kier alpha value is -3.22. The van der Waals surface area contributed by atoms with E-state index < -0.39 is 0 Å². The fourth-order valence-corrected chi connectivity index (χ4v) is 10.3. The Bertz CT molecular complexity index is 2090. The van der Waals surface area contributed by atoms with E-state index in [2.05, 4.69) is 168 Å². The van der Waals surface area contributed by atoms with Gasteiger partial charge in [-0.2, -0.15) is 0 Å². The highest BCUT2D eigenvalue weighted by Crippen LogP contribution is 2.57. The van der Waals surface area contributed by atoms with Crippen molar-refractivity contribution < 1.29 is 9.47 Å². The number of halogens is 2. The van der Waals surface area contributed by atoms with Crippen LogP contribution in [0.4, 0.5) is 17.1 Å². The van der Waals surface area contributed by atoms with Gasteiger partial charge in [0, 0.05) is 25.9 Å². The molecule has 9 rings (SSSR count). The van der Waals surface area contributed by atoms with E-state index in [9.17, 15) is 0 Å². The monoisotopic (exact) mass is 801 g/mol. The fraction of sp³-hybridized carbons (Fsp3) is 0.348. The number of fused-ring (bicyclic) bond motifs is 4. The summed E-state index contributed by atoms with van der Waals surface area (Å²) in [5.74, 6) is 0. The normalized spacial score (nSPS) is 20.2. The van der Waals surface area contributed by atoms with Crippen LogP contribution in [0.5, 0.6) is 0 Å². The van der Waals surface area contributed by atoms with E-state index in [1.807, 2.05) is 0 Å². The predicted molar refractivity (Wildman–Crippen MR) is 216 cm³/mol. The summed E-state index contributed by atoms with van der Waals surface area (Å²) < 4.78 is 15.9. The summed E-state index contributed by atoms with van der Waals surface area (Å²) in [4.78, 5) is 2.40. The molecule has 4 aliphatic rings. The Balaban J connectivity index is 1.24. The minimum Gasteiger partial charge on any atom is -0.360 e. The van der Waals surface area contributed by atoms with Crippen LogP contribution >= 0.6 is 31.9 Å². The number of rotatable bonds is 5. The molecule has 2 fully saturated rings. The molecule has 0 amide bonds. The summed E-state index contributed by atoms with van der Waals surface area (Å²) in [5.41, 5.74) is 12.6. The summed E-state index contributed by atoms with van der Waals surface area (Å²) >= 11 is 7.37. The number of anilines is 3. The summed E-state index contributed by atoms with van der Waals surface area (Å²) in [7, 11) is 0. The number of benzene rings is 5. The van der Waals surface area contributed by atoms with Gasteiger partial charge in [-0.15, -0.1) is 0 Å². The topological polar surface area (TPSA) is 21.7 Å². The van der Waals surface area contributed by atoms with E-state index in [1.165, 1.54) is 70.2 Å². The molecule has 2 saturated carbocycles. The van der Waals surface area contributed by atoms with Gasteiger partial charge in [0.1, 0.15) is 0 Å². The van der Waals surface area contributed by atoms with E-state index in [0.717, 1.165) is 51.7 Å². The van der Waals surface area contributed by atoms with Gasteiger partial charge in [0.05, 0.1) is 28.1 Å². The Morgan fingerprint density at radius 2 is 0.882 bits per heavy atom. The molecule has 2 spiro atoms. The quantitative estimate of drug-likeness (QED) is 0.177. The van der Waals surface area contributed by atoms with Crippen molar-refractivity contribution in [1.29, 1.82) is 0 Å². The van der Waals surface area contributed by atoms with Crippen LogP contribution < -0.4 is 4.90 Å². The summed E-state index contributed by atoms with van der Waals surface area (Å²) in [6.45, 7) is 8.98. The van der Waals surface area contributed by atoms with Crippen LogP contribution in [0.2, 0.25) is 0 Å². The van der Waals surface area contributed by atoms with Crippen molar-refractivity contribution in [3.05, 3.63) is 134 Å². The summed E-state index contributed by atoms with van der Waals surface area (Å²) in [6.07, 6.45) is 9.35. The molecule has 0 aromatic heterocycles. The lowest BCUT2D eigenvalue weighted by Crippen LogP contribution is -2.25. The third-order valence-corrected chi connectivity index (χ3v) is 13.2. The molecule has 0 saturated heterocycles. The highest BCUT2D eigenvalue weighted by atomic mass is 79.9. The Kier molecular flexibility index (Phi) is 8.01. The van der Waals surface area contributed by atoms with Gasteiger partial charge in [-0.25, -0.2) is 0 Å². The van der Waals surface area contributed by atoms with Crippen molar-refractivity contribution in [1.82, 2.24) is 0 Å². The number of ether oxygens (including phenoxy) is 2. The maximum absolute atomic E-state index is 6.93. The molecule has 5 heteroatoms. The van der Waals surface area contributed by atoms with Crippen molar-refractivity contribution >= 4 is 48.9 Å². The standard InChI is InChI=1S/C46H45Br2NO2/c1-43(2)40-27-30(10-21-38(40)45(50-43)23-5-6-24-45)31-9-20-37(32-11-22-39-41(28-32)44(3,4)51-46(39)25-7-8-26-46)42(29-31)49(35-16-12-33(47)13-17-35)36-18-14-34(48)15-19-36/h9-22,27-29H,5-8,23-26H2,1-4H3. The van der Waals surface area contributed by atoms with Crippen LogP contribution in [0.15, 0.2) is 112 Å². The highest BCUT2D eigenvalue weighted by molar-refractivity contribution is 9.10. The Morgan fingerprint density at radius 3 is 1.37 bits per heavy atom. The first-order valence-electron chi connectivity index (χ1n) is 18.6. The molecule has 0 bridgehead atoms. The second kappa shape index (κ2) is 12.2. The number of hydrogen-bond donors (Lipinski definition) is 0. The van der Waals surface area contributed by atoms with E-state index in [0.29, 0.717) is 0 Å². The first kappa shape index (κ1) is 33.6. The minimum absolute atomic E-state index is 0.130. The smallest absolute Gasteiger partial charge is 0.0946 e. The predicted octanol–water partition coefficient (Wildman–Crippen LogP) is 14.1. The third-order valence-electron chi connectivity index (χ3n) is 12.1. The zero-order chi connectivity index (χ0) is 35.2. The third kappa shape index (κ3) is 5.57. The summed E-state index contributed by atoms with van der Waals surface area (Å²) in [6, 6.07) is 38.5. The van der Waals surface area contributed by atoms with Crippen molar-refractivity contribution in [3.63, 3.8) is 0 Å². The average molecular weight is 804 g/mol. The minimum atomic E-state index is -0.344. The van der Waals surface area contributed by atoms with Gasteiger partial charge in [-0.3, -0.25) is 0 Å². The van der Waals surface area contributed by atoms with E-state index in [1.54, 1.807) is 0 Å². The second-order valence-corrected chi connectivity index (χ2v) is 18.0. The average Bonchev–Trinajstić information content (AvgIpc) is 3.88. The number of nitrogens with zero attached hydrogens (tertiary/aromatic N) is 1. The molecule has 260 valence electrons. The van der Waals surface area contributed by atoms with Crippen molar-refractivity contribution in [2.24, 2.45) is 0 Å². The maximum atomic E-state index is 6.93. The molecule has 0 radical (unpaired) electrons. The SMILES string of the molecule is CC1(C)OC2(CCCC2)c2ccc(-c3ccc(-c4ccc5c(c4)C(C)(C)OC54CCCC4)c(N(c4ccc(Br)cc4)c4ccc(Br)cc4)c3)cc21. The first-order valence-corrected chi connectivity index (χ1v) is 20.2. The fourth-order valence-electron chi connectivity index (χ4n) is 9.81. The molecule has 2 aliphatic heterocycles. The van der Waals surface area contributed by atoms with Gasteiger partial charge in [0.2, 0.25) is 0 Å². The van der Waals surface area contributed by atoms with Crippen molar-refractivity contribution in [3.8, 4) is 22.3 Å². The zero-order valence-corrected chi connectivity index (χ0v) is 33.2. The largest absolute Gasteiger partial charge is 0.360 e. The molecular formula is C46H45Br2NO2. The first-order chi connectivity index (χ1) is 24.5. The molecule has 2 heterocycles. The molecule has 0 unspecified atom stereocenters. The van der Waals surface area contributed by atoms with Gasteiger partial charge in [0.15, 0.2) is 0 Å². The van der Waals surface area contributed by atoms with Crippen LogP contribution in [0, 0.1) is 0 Å². The zero-order valence-electron chi connectivity index (χ0n) is 30.0. The highest BCUT2D eigenvalue weighted by Gasteiger charge is 2.51. The maximum Gasteiger partial charge on any atom is 0.0946 e. The molecular weight excluding hydrogens is 758 g/mol. The molecule has 0 N–H and O–H groups in total. The lowest BCUT2D eigenvalue weighted by molar-refractivity contribution is -0.122. The molecule has 3 nitrogen and oxygen atoms in total. The molecule has 2 aliphatic carbocycles. The summed E-state index contributed by atoms with van der Waals surface area (Å²) in [5, 5.41) is 0. The van der Waals surface area contributed by atoms with Gasteiger partial charge < -0.3 is 14.4 Å². The van der Waals surface area contributed by atoms with Crippen LogP contribution in [-0.4, -0.2) is 0 Å².